The maximum Gasteiger partial charge on any atom is 0.0155 e. The molecule has 2 N–H and O–H groups in total. The zero-order chi connectivity index (χ0) is 9.74. The van der Waals surface area contributed by atoms with Crippen LogP contribution in [0.25, 0.3) is 0 Å². The first-order chi connectivity index (χ1) is 5.87. The molecule has 13 heavy (non-hydrogen) atoms. The highest BCUT2D eigenvalue weighted by Gasteiger charge is 2.51. The fraction of sp³-hybridized carbons (Fsp3) is 1.00. The molecule has 2 bridgehead atoms. The molecule has 3 aliphatic carbocycles. The first-order valence-corrected chi connectivity index (χ1v) is 5.66. The van der Waals surface area contributed by atoms with Crippen molar-refractivity contribution in [2.24, 2.45) is 16.6 Å². The first kappa shape index (κ1) is 9.51. The van der Waals surface area contributed by atoms with Crippen molar-refractivity contribution in [3.8, 4) is 0 Å². The van der Waals surface area contributed by atoms with Gasteiger partial charge in [0.25, 0.3) is 0 Å². The van der Waals surface area contributed by atoms with Crippen molar-refractivity contribution in [2.45, 2.75) is 64.8 Å². The molecule has 0 aliphatic heterocycles. The number of rotatable bonds is 0. The van der Waals surface area contributed by atoms with Crippen LogP contribution in [0.3, 0.4) is 0 Å². The van der Waals surface area contributed by atoms with Gasteiger partial charge in [-0.3, -0.25) is 0 Å². The molecule has 0 aromatic carbocycles. The SMILES string of the molecule is CC(C)(C)C12CCC(N)(CC1)CC2. The van der Waals surface area contributed by atoms with Gasteiger partial charge in [-0.05, 0) is 49.4 Å². The highest BCUT2D eigenvalue weighted by Crippen LogP contribution is 2.59. The number of hydrogen-bond acceptors (Lipinski definition) is 1. The molecule has 3 rings (SSSR count). The molecule has 0 amide bonds. The number of fused-ring (bicyclic) bond motifs is 3. The smallest absolute Gasteiger partial charge is 0.0155 e. The summed E-state index contributed by atoms with van der Waals surface area (Å²) < 4.78 is 0. The number of hydrogen-bond donors (Lipinski definition) is 1. The predicted molar refractivity (Wildman–Crippen MR) is 56.5 cm³/mol. The van der Waals surface area contributed by atoms with Crippen LogP contribution in [-0.2, 0) is 0 Å². The van der Waals surface area contributed by atoms with Crippen LogP contribution in [-0.4, -0.2) is 5.54 Å². The third-order valence-corrected chi connectivity index (χ3v) is 4.90. The third-order valence-electron chi connectivity index (χ3n) is 4.90. The monoisotopic (exact) mass is 181 g/mol. The van der Waals surface area contributed by atoms with Crippen molar-refractivity contribution in [2.75, 3.05) is 0 Å². The molecule has 0 atom stereocenters. The summed E-state index contributed by atoms with van der Waals surface area (Å²) in [5.41, 5.74) is 7.63. The topological polar surface area (TPSA) is 26.0 Å². The Kier molecular flexibility index (Phi) is 1.83. The zero-order valence-electron chi connectivity index (χ0n) is 9.32. The Morgan fingerprint density at radius 2 is 1.23 bits per heavy atom. The summed E-state index contributed by atoms with van der Waals surface area (Å²) in [6.07, 6.45) is 7.91. The third kappa shape index (κ3) is 1.32. The second-order valence-corrected chi connectivity index (χ2v) is 6.39. The molecule has 3 aliphatic rings. The highest BCUT2D eigenvalue weighted by molar-refractivity contribution is 5.06. The standard InChI is InChI=1S/C12H23N/c1-10(2,3)11-4-7-12(13,8-5-11)9-6-11/h4-9,13H2,1-3H3. The van der Waals surface area contributed by atoms with Crippen LogP contribution in [0, 0.1) is 10.8 Å². The molecule has 76 valence electrons. The molecule has 0 radical (unpaired) electrons. The van der Waals surface area contributed by atoms with Crippen LogP contribution in [0.15, 0.2) is 0 Å². The van der Waals surface area contributed by atoms with Gasteiger partial charge < -0.3 is 5.73 Å². The van der Waals surface area contributed by atoms with Crippen molar-refractivity contribution in [3.63, 3.8) is 0 Å². The second kappa shape index (κ2) is 2.50. The summed E-state index contributed by atoms with van der Waals surface area (Å²) in [6, 6.07) is 0. The Bertz CT molecular complexity index is 187. The van der Waals surface area contributed by atoms with E-state index >= 15 is 0 Å². The fourth-order valence-electron chi connectivity index (χ4n) is 3.34. The lowest BCUT2D eigenvalue weighted by atomic mass is 9.49. The van der Waals surface area contributed by atoms with E-state index in [1.807, 2.05) is 0 Å². The van der Waals surface area contributed by atoms with Gasteiger partial charge in [0.05, 0.1) is 0 Å². The lowest BCUT2D eigenvalue weighted by Crippen LogP contribution is -2.55. The fourth-order valence-corrected chi connectivity index (χ4v) is 3.34. The lowest BCUT2D eigenvalue weighted by molar-refractivity contribution is -0.0425. The molecule has 1 heteroatoms. The van der Waals surface area contributed by atoms with Gasteiger partial charge in [0.2, 0.25) is 0 Å². The molecule has 0 aromatic rings. The van der Waals surface area contributed by atoms with E-state index in [1.54, 1.807) is 0 Å². The summed E-state index contributed by atoms with van der Waals surface area (Å²) in [7, 11) is 0. The van der Waals surface area contributed by atoms with Crippen molar-refractivity contribution >= 4 is 0 Å². The van der Waals surface area contributed by atoms with Gasteiger partial charge in [-0.15, -0.1) is 0 Å². The predicted octanol–water partition coefficient (Wildman–Crippen LogP) is 3.08. The summed E-state index contributed by atoms with van der Waals surface area (Å²) in [4.78, 5) is 0. The van der Waals surface area contributed by atoms with E-state index in [0.29, 0.717) is 10.8 Å². The average Bonchev–Trinajstić information content (AvgIpc) is 2.04. The van der Waals surface area contributed by atoms with Crippen molar-refractivity contribution in [1.29, 1.82) is 0 Å². The summed E-state index contributed by atoms with van der Waals surface area (Å²) in [5.74, 6) is 0. The van der Waals surface area contributed by atoms with Crippen LogP contribution >= 0.6 is 0 Å². The van der Waals surface area contributed by atoms with Crippen molar-refractivity contribution in [3.05, 3.63) is 0 Å². The summed E-state index contributed by atoms with van der Waals surface area (Å²) >= 11 is 0. The van der Waals surface area contributed by atoms with Crippen LogP contribution < -0.4 is 5.73 Å². The summed E-state index contributed by atoms with van der Waals surface area (Å²) in [6.45, 7) is 7.21. The molecule has 3 fully saturated rings. The molecular weight excluding hydrogens is 158 g/mol. The van der Waals surface area contributed by atoms with Gasteiger partial charge in [-0.2, -0.15) is 0 Å². The van der Waals surface area contributed by atoms with Crippen LogP contribution in [0.2, 0.25) is 0 Å². The lowest BCUT2D eigenvalue weighted by Gasteiger charge is -2.57. The maximum atomic E-state index is 6.30. The highest BCUT2D eigenvalue weighted by atomic mass is 14.8. The minimum Gasteiger partial charge on any atom is -0.325 e. The van der Waals surface area contributed by atoms with E-state index in [9.17, 15) is 0 Å². The van der Waals surface area contributed by atoms with Crippen LogP contribution in [0.4, 0.5) is 0 Å². The molecule has 0 aromatic heterocycles. The minimum atomic E-state index is 0.229. The van der Waals surface area contributed by atoms with E-state index in [1.165, 1.54) is 38.5 Å². The summed E-state index contributed by atoms with van der Waals surface area (Å²) in [5, 5.41) is 0. The first-order valence-electron chi connectivity index (χ1n) is 5.66. The normalized spacial score (nSPS) is 45.2. The maximum absolute atomic E-state index is 6.30. The average molecular weight is 181 g/mol. The van der Waals surface area contributed by atoms with Crippen molar-refractivity contribution in [1.82, 2.24) is 0 Å². The van der Waals surface area contributed by atoms with Gasteiger partial charge in [0.1, 0.15) is 0 Å². The Morgan fingerprint density at radius 1 is 0.846 bits per heavy atom. The van der Waals surface area contributed by atoms with Gasteiger partial charge in [0.15, 0.2) is 0 Å². The van der Waals surface area contributed by atoms with Gasteiger partial charge >= 0.3 is 0 Å². The largest absolute Gasteiger partial charge is 0.325 e. The molecule has 0 heterocycles. The molecule has 0 unspecified atom stereocenters. The Morgan fingerprint density at radius 3 is 1.54 bits per heavy atom. The zero-order valence-corrected chi connectivity index (χ0v) is 9.32. The van der Waals surface area contributed by atoms with E-state index in [0.717, 1.165) is 0 Å². The molecule has 1 nitrogen and oxygen atoms in total. The van der Waals surface area contributed by atoms with Gasteiger partial charge in [-0.1, -0.05) is 20.8 Å². The molecular formula is C12H23N. The Hall–Kier alpha value is -0.0400. The van der Waals surface area contributed by atoms with Crippen LogP contribution in [0.1, 0.15) is 59.3 Å². The molecule has 0 saturated heterocycles. The number of nitrogens with two attached hydrogens (primary N) is 1. The van der Waals surface area contributed by atoms with E-state index in [4.69, 9.17) is 5.73 Å². The second-order valence-electron chi connectivity index (χ2n) is 6.39. The Balaban J connectivity index is 2.20. The van der Waals surface area contributed by atoms with E-state index in [-0.39, 0.29) is 5.54 Å². The van der Waals surface area contributed by atoms with E-state index in [2.05, 4.69) is 20.8 Å². The quantitative estimate of drug-likeness (QED) is 0.610. The van der Waals surface area contributed by atoms with Gasteiger partial charge in [-0.25, -0.2) is 0 Å². The van der Waals surface area contributed by atoms with Crippen LogP contribution in [0.5, 0.6) is 0 Å². The van der Waals surface area contributed by atoms with Gasteiger partial charge in [0, 0.05) is 5.54 Å². The molecule has 0 spiro atoms. The van der Waals surface area contributed by atoms with Crippen molar-refractivity contribution < 1.29 is 0 Å². The molecule has 3 saturated carbocycles. The Labute approximate surface area is 82.1 Å². The minimum absolute atomic E-state index is 0.229. The van der Waals surface area contributed by atoms with E-state index < -0.39 is 0 Å².